The van der Waals surface area contributed by atoms with E-state index in [1.807, 2.05) is 0 Å². The molecule has 0 unspecified atom stereocenters. The average molecular weight is 310 g/mol. The molecule has 9 heteroatoms. The minimum absolute atomic E-state index is 0.0754. The second kappa shape index (κ2) is 5.70. The highest BCUT2D eigenvalue weighted by Gasteiger charge is 2.21. The molecular formula is C12H18N6O2S. The summed E-state index contributed by atoms with van der Waals surface area (Å²) in [5.74, 6) is 0.595. The van der Waals surface area contributed by atoms with Gasteiger partial charge in [0, 0.05) is 21.1 Å². The van der Waals surface area contributed by atoms with Crippen LogP contribution in [0.15, 0.2) is 29.4 Å². The minimum Gasteiger partial charge on any atom is -0.396 e. The summed E-state index contributed by atoms with van der Waals surface area (Å²) in [6, 6.07) is 4.84. The van der Waals surface area contributed by atoms with Gasteiger partial charge in [-0.1, -0.05) is 6.07 Å². The molecule has 0 spiro atoms. The molecule has 0 saturated carbocycles. The monoisotopic (exact) mass is 310 g/mol. The Hall–Kier alpha value is -2.13. The third-order valence-corrected chi connectivity index (χ3v) is 4.78. The summed E-state index contributed by atoms with van der Waals surface area (Å²) in [6.07, 6.45) is 1.59. The van der Waals surface area contributed by atoms with Crippen LogP contribution < -0.4 is 11.1 Å². The van der Waals surface area contributed by atoms with Gasteiger partial charge in [0.05, 0.1) is 17.9 Å². The fraction of sp³-hybridized carbons (Fsp3) is 0.333. The van der Waals surface area contributed by atoms with E-state index in [0.717, 1.165) is 4.31 Å². The summed E-state index contributed by atoms with van der Waals surface area (Å²) >= 11 is 0. The lowest BCUT2D eigenvalue weighted by Crippen LogP contribution is -2.23. The van der Waals surface area contributed by atoms with Crippen LogP contribution in [0.3, 0.4) is 0 Å². The number of nitrogens with one attached hydrogen (secondary N) is 1. The summed E-state index contributed by atoms with van der Waals surface area (Å²) in [6.45, 7) is 0.358. The molecule has 0 aliphatic carbocycles. The summed E-state index contributed by atoms with van der Waals surface area (Å²) < 4.78 is 27.1. The molecule has 0 amide bonds. The van der Waals surface area contributed by atoms with Gasteiger partial charge in [0.2, 0.25) is 10.0 Å². The number of hydrogen-bond acceptors (Lipinski definition) is 6. The molecule has 0 atom stereocenters. The van der Waals surface area contributed by atoms with Crippen LogP contribution in [0.5, 0.6) is 0 Å². The normalized spacial score (nSPS) is 11.8. The zero-order valence-electron chi connectivity index (χ0n) is 12.1. The number of hydrogen-bond donors (Lipinski definition) is 2. The zero-order valence-corrected chi connectivity index (χ0v) is 12.9. The van der Waals surface area contributed by atoms with Crippen LogP contribution in [-0.2, 0) is 23.6 Å². The molecule has 3 N–H and O–H groups in total. The maximum Gasteiger partial charge on any atom is 0.244 e. The van der Waals surface area contributed by atoms with Crippen LogP contribution in [0.1, 0.15) is 5.82 Å². The quantitative estimate of drug-likeness (QED) is 0.767. The Morgan fingerprint density at radius 3 is 2.67 bits per heavy atom. The van der Waals surface area contributed by atoms with Gasteiger partial charge in [0.15, 0.2) is 5.82 Å². The van der Waals surface area contributed by atoms with E-state index in [0.29, 0.717) is 18.1 Å². The van der Waals surface area contributed by atoms with E-state index in [1.54, 1.807) is 30.2 Å². The smallest absolute Gasteiger partial charge is 0.244 e. The number of nitrogen functional groups attached to an aromatic ring is 1. The van der Waals surface area contributed by atoms with Crippen molar-refractivity contribution in [1.82, 2.24) is 19.1 Å². The van der Waals surface area contributed by atoms with Gasteiger partial charge in [-0.3, -0.25) is 4.68 Å². The standard InChI is InChI=1S/C12H18N6O2S/c1-17(2)21(19,20)10-6-4-5-9(12(10)13)14-7-11-15-8-18(3)16-11/h4-6,8,14H,7,13H2,1-3H3. The van der Waals surface area contributed by atoms with Crippen molar-refractivity contribution < 1.29 is 8.42 Å². The fourth-order valence-corrected chi connectivity index (χ4v) is 2.79. The summed E-state index contributed by atoms with van der Waals surface area (Å²) in [5.41, 5.74) is 6.68. The molecule has 0 fully saturated rings. The third kappa shape index (κ3) is 3.14. The van der Waals surface area contributed by atoms with Crippen LogP contribution in [0.25, 0.3) is 0 Å². The molecular weight excluding hydrogens is 292 g/mol. The number of aromatic nitrogens is 3. The highest BCUT2D eigenvalue weighted by Crippen LogP contribution is 2.28. The molecule has 0 aliphatic rings. The Morgan fingerprint density at radius 2 is 2.10 bits per heavy atom. The molecule has 2 rings (SSSR count). The summed E-state index contributed by atoms with van der Waals surface area (Å²) in [4.78, 5) is 4.16. The topological polar surface area (TPSA) is 106 Å². The Morgan fingerprint density at radius 1 is 1.38 bits per heavy atom. The second-order valence-electron chi connectivity index (χ2n) is 4.69. The van der Waals surface area contributed by atoms with E-state index in [9.17, 15) is 8.42 Å². The molecule has 1 aromatic heterocycles. The van der Waals surface area contributed by atoms with Crippen LogP contribution in [0.2, 0.25) is 0 Å². The Balaban J connectivity index is 2.26. The molecule has 0 radical (unpaired) electrons. The SMILES string of the molecule is CN(C)S(=O)(=O)c1cccc(NCc2ncn(C)n2)c1N. The molecule has 21 heavy (non-hydrogen) atoms. The first-order valence-corrected chi connectivity index (χ1v) is 7.66. The molecule has 1 aromatic carbocycles. The Bertz CT molecular complexity index is 738. The number of nitrogens with zero attached hydrogens (tertiary/aromatic N) is 4. The number of nitrogens with two attached hydrogens (primary N) is 1. The molecule has 1 heterocycles. The second-order valence-corrected chi connectivity index (χ2v) is 6.81. The van der Waals surface area contributed by atoms with Gasteiger partial charge >= 0.3 is 0 Å². The van der Waals surface area contributed by atoms with Gasteiger partial charge in [0.25, 0.3) is 0 Å². The summed E-state index contributed by atoms with van der Waals surface area (Å²) in [5, 5.41) is 7.18. The van der Waals surface area contributed by atoms with Crippen LogP contribution in [0, 0.1) is 0 Å². The van der Waals surface area contributed by atoms with Crippen molar-refractivity contribution in [2.75, 3.05) is 25.1 Å². The van der Waals surface area contributed by atoms with Gasteiger partial charge in [-0.05, 0) is 12.1 Å². The number of aryl methyl sites for hydroxylation is 1. The molecule has 8 nitrogen and oxygen atoms in total. The third-order valence-electron chi connectivity index (χ3n) is 2.91. The van der Waals surface area contributed by atoms with Crippen molar-refractivity contribution in [2.45, 2.75) is 11.4 Å². The van der Waals surface area contributed by atoms with E-state index in [4.69, 9.17) is 5.73 Å². The van der Waals surface area contributed by atoms with Crippen molar-refractivity contribution >= 4 is 21.4 Å². The number of para-hydroxylation sites is 1. The van der Waals surface area contributed by atoms with Crippen molar-refractivity contribution in [3.8, 4) is 0 Å². The van der Waals surface area contributed by atoms with Gasteiger partial charge in [0.1, 0.15) is 11.2 Å². The maximum absolute atomic E-state index is 12.2. The molecule has 0 aliphatic heterocycles. The molecule has 0 saturated heterocycles. The van der Waals surface area contributed by atoms with Crippen molar-refractivity contribution in [3.63, 3.8) is 0 Å². The molecule has 0 bridgehead atoms. The number of anilines is 2. The molecule has 2 aromatic rings. The number of benzene rings is 1. The number of sulfonamides is 1. The zero-order chi connectivity index (χ0) is 15.6. The Labute approximate surface area is 123 Å². The van der Waals surface area contributed by atoms with Crippen molar-refractivity contribution in [2.24, 2.45) is 7.05 Å². The summed E-state index contributed by atoms with van der Waals surface area (Å²) in [7, 11) is 1.13. The lowest BCUT2D eigenvalue weighted by molar-refractivity contribution is 0.521. The van der Waals surface area contributed by atoms with E-state index in [-0.39, 0.29) is 10.6 Å². The van der Waals surface area contributed by atoms with E-state index < -0.39 is 10.0 Å². The van der Waals surface area contributed by atoms with Crippen molar-refractivity contribution in [1.29, 1.82) is 0 Å². The largest absolute Gasteiger partial charge is 0.396 e. The van der Waals surface area contributed by atoms with Gasteiger partial charge in [-0.2, -0.15) is 5.10 Å². The fourth-order valence-electron chi connectivity index (χ4n) is 1.76. The average Bonchev–Trinajstić information content (AvgIpc) is 2.83. The maximum atomic E-state index is 12.2. The van der Waals surface area contributed by atoms with E-state index >= 15 is 0 Å². The highest BCUT2D eigenvalue weighted by atomic mass is 32.2. The first kappa shape index (κ1) is 15.3. The lowest BCUT2D eigenvalue weighted by atomic mass is 10.2. The lowest BCUT2D eigenvalue weighted by Gasteiger charge is -2.16. The van der Waals surface area contributed by atoms with Crippen LogP contribution >= 0.6 is 0 Å². The van der Waals surface area contributed by atoms with Crippen molar-refractivity contribution in [3.05, 3.63) is 30.4 Å². The minimum atomic E-state index is -3.58. The predicted octanol–water partition coefficient (Wildman–Crippen LogP) is 0.260. The van der Waals surface area contributed by atoms with Gasteiger partial charge < -0.3 is 11.1 Å². The van der Waals surface area contributed by atoms with Crippen LogP contribution in [0.4, 0.5) is 11.4 Å². The van der Waals surface area contributed by atoms with E-state index in [1.165, 1.54) is 20.2 Å². The van der Waals surface area contributed by atoms with Gasteiger partial charge in [-0.15, -0.1) is 0 Å². The molecule has 114 valence electrons. The first-order chi connectivity index (χ1) is 9.82. The van der Waals surface area contributed by atoms with E-state index in [2.05, 4.69) is 15.4 Å². The van der Waals surface area contributed by atoms with Gasteiger partial charge in [-0.25, -0.2) is 17.7 Å². The number of rotatable bonds is 5. The predicted molar refractivity (Wildman–Crippen MR) is 80.1 cm³/mol. The van der Waals surface area contributed by atoms with Crippen LogP contribution in [-0.4, -0.2) is 41.6 Å². The highest BCUT2D eigenvalue weighted by molar-refractivity contribution is 7.89. The first-order valence-electron chi connectivity index (χ1n) is 6.22. The Kier molecular flexibility index (Phi) is 4.14.